The first kappa shape index (κ1) is 20.4. The van der Waals surface area contributed by atoms with E-state index in [1.807, 2.05) is 30.3 Å². The fraction of sp³-hybridized carbons (Fsp3) is 0.381. The third-order valence-corrected chi connectivity index (χ3v) is 6.58. The summed E-state index contributed by atoms with van der Waals surface area (Å²) < 4.78 is 32.4. The Kier molecular flexibility index (Phi) is 5.76. The average Bonchev–Trinajstić information content (AvgIpc) is 2.59. The van der Waals surface area contributed by atoms with Crippen molar-refractivity contribution in [2.24, 2.45) is 0 Å². The van der Waals surface area contributed by atoms with E-state index in [4.69, 9.17) is 4.74 Å². The molecule has 1 amide bonds. The molecule has 150 valence electrons. The topological polar surface area (TPSA) is 84.5 Å². The van der Waals surface area contributed by atoms with Crippen LogP contribution < -0.4 is 10.6 Å². The van der Waals surface area contributed by atoms with Crippen LogP contribution in [-0.2, 0) is 14.6 Å². The van der Waals surface area contributed by atoms with Crippen molar-refractivity contribution in [2.75, 3.05) is 6.54 Å². The molecule has 1 heterocycles. The van der Waals surface area contributed by atoms with Crippen LogP contribution in [0.5, 0.6) is 0 Å². The van der Waals surface area contributed by atoms with Gasteiger partial charge in [-0.15, -0.1) is 0 Å². The number of hydrogen-bond acceptors (Lipinski definition) is 5. The van der Waals surface area contributed by atoms with Crippen molar-refractivity contribution in [3.63, 3.8) is 0 Å². The maximum absolute atomic E-state index is 13.6. The number of carbonyl (C=O) groups is 1. The van der Waals surface area contributed by atoms with Gasteiger partial charge in [0.15, 0.2) is 5.37 Å². The van der Waals surface area contributed by atoms with Crippen molar-refractivity contribution >= 4 is 15.9 Å². The summed E-state index contributed by atoms with van der Waals surface area (Å²) in [4.78, 5) is 12.5. The Balaban J connectivity index is 1.98. The zero-order valence-corrected chi connectivity index (χ0v) is 17.1. The van der Waals surface area contributed by atoms with Gasteiger partial charge in [-0.1, -0.05) is 48.5 Å². The van der Waals surface area contributed by atoms with Crippen molar-refractivity contribution < 1.29 is 17.9 Å². The van der Waals surface area contributed by atoms with Gasteiger partial charge in [0, 0.05) is 11.6 Å². The highest BCUT2D eigenvalue weighted by Gasteiger charge is 2.40. The van der Waals surface area contributed by atoms with Gasteiger partial charge in [-0.3, -0.25) is 0 Å². The summed E-state index contributed by atoms with van der Waals surface area (Å²) in [5, 5.41) is 4.57. The molecule has 1 fully saturated rings. The molecule has 1 aliphatic rings. The largest absolute Gasteiger partial charge is 0.444 e. The molecule has 6 nitrogen and oxygen atoms in total. The van der Waals surface area contributed by atoms with E-state index in [9.17, 15) is 13.2 Å². The van der Waals surface area contributed by atoms with Gasteiger partial charge in [0.25, 0.3) is 0 Å². The molecule has 0 spiro atoms. The lowest BCUT2D eigenvalue weighted by Crippen LogP contribution is -2.60. The van der Waals surface area contributed by atoms with Crippen molar-refractivity contribution in [1.29, 1.82) is 0 Å². The molecule has 3 rings (SSSR count). The van der Waals surface area contributed by atoms with Gasteiger partial charge in [-0.2, -0.15) is 0 Å². The lowest BCUT2D eigenvalue weighted by molar-refractivity contribution is 0.0505. The minimum Gasteiger partial charge on any atom is -0.444 e. The molecule has 2 unspecified atom stereocenters. The number of hydrogen-bond donors (Lipinski definition) is 2. The van der Waals surface area contributed by atoms with Gasteiger partial charge < -0.3 is 15.4 Å². The van der Waals surface area contributed by atoms with E-state index in [2.05, 4.69) is 10.6 Å². The van der Waals surface area contributed by atoms with Gasteiger partial charge in [0.05, 0.1) is 4.90 Å². The van der Waals surface area contributed by atoms with Crippen LogP contribution in [0.25, 0.3) is 11.1 Å². The van der Waals surface area contributed by atoms with E-state index in [1.165, 1.54) is 0 Å². The Morgan fingerprint density at radius 1 is 1.11 bits per heavy atom. The van der Waals surface area contributed by atoms with Crippen molar-refractivity contribution in [1.82, 2.24) is 10.6 Å². The molecule has 7 heteroatoms. The summed E-state index contributed by atoms with van der Waals surface area (Å²) in [5.41, 5.74) is 0.700. The molecule has 0 radical (unpaired) electrons. The number of ether oxygens (including phenoxy) is 1. The number of alkyl carbamates (subject to hydrolysis) is 1. The van der Waals surface area contributed by atoms with Crippen LogP contribution in [0, 0.1) is 0 Å². The van der Waals surface area contributed by atoms with E-state index >= 15 is 0 Å². The number of benzene rings is 2. The monoisotopic (exact) mass is 402 g/mol. The maximum Gasteiger partial charge on any atom is 0.408 e. The molecule has 1 saturated heterocycles. The highest BCUT2D eigenvalue weighted by Crippen LogP contribution is 2.31. The van der Waals surface area contributed by atoms with Gasteiger partial charge >= 0.3 is 6.09 Å². The number of amides is 1. The summed E-state index contributed by atoms with van der Waals surface area (Å²) >= 11 is 0. The number of carbonyl (C=O) groups excluding carboxylic acids is 1. The second-order valence-corrected chi connectivity index (χ2v) is 9.86. The standard InChI is InChI=1S/C21H26N2O4S/c1-21(2,3)27-20(24)23-19(17-13-14-22-17)28(25,26)18-12-8-7-11-16(18)15-9-5-4-6-10-15/h4-12,17,19,22H,13-14H2,1-3H3,(H,23,24). The molecule has 0 aliphatic carbocycles. The lowest BCUT2D eigenvalue weighted by atomic mass is 10.1. The Hall–Kier alpha value is -2.38. The van der Waals surface area contributed by atoms with Gasteiger partial charge in [-0.05, 0) is 45.4 Å². The summed E-state index contributed by atoms with van der Waals surface area (Å²) in [5.74, 6) is 0. The molecule has 28 heavy (non-hydrogen) atoms. The van der Waals surface area contributed by atoms with Crippen LogP contribution in [0.4, 0.5) is 4.79 Å². The Bertz CT molecular complexity index is 932. The predicted octanol–water partition coefficient (Wildman–Crippen LogP) is 3.34. The summed E-state index contributed by atoms with van der Waals surface area (Å²) in [7, 11) is -3.87. The Morgan fingerprint density at radius 2 is 1.71 bits per heavy atom. The van der Waals surface area contributed by atoms with Crippen LogP contribution in [0.2, 0.25) is 0 Å². The highest BCUT2D eigenvalue weighted by molar-refractivity contribution is 7.92. The highest BCUT2D eigenvalue weighted by atomic mass is 32.2. The van der Waals surface area contributed by atoms with Crippen LogP contribution in [0.1, 0.15) is 27.2 Å². The summed E-state index contributed by atoms with van der Waals surface area (Å²) in [6.07, 6.45) is -0.0836. The third-order valence-electron chi connectivity index (χ3n) is 4.50. The van der Waals surface area contributed by atoms with E-state index in [-0.39, 0.29) is 10.9 Å². The first-order chi connectivity index (χ1) is 13.2. The summed E-state index contributed by atoms with van der Waals surface area (Å²) in [6.45, 7) is 5.93. The van der Waals surface area contributed by atoms with Crippen molar-refractivity contribution in [3.8, 4) is 11.1 Å². The lowest BCUT2D eigenvalue weighted by Gasteiger charge is -2.35. The number of sulfone groups is 1. The van der Waals surface area contributed by atoms with Crippen LogP contribution >= 0.6 is 0 Å². The zero-order chi connectivity index (χ0) is 20.4. The summed E-state index contributed by atoms with van der Waals surface area (Å²) in [6, 6.07) is 15.8. The molecule has 2 aromatic carbocycles. The van der Waals surface area contributed by atoms with E-state index < -0.39 is 26.9 Å². The fourth-order valence-electron chi connectivity index (χ4n) is 3.10. The van der Waals surface area contributed by atoms with Crippen LogP contribution in [0.15, 0.2) is 59.5 Å². The van der Waals surface area contributed by atoms with Gasteiger partial charge in [0.1, 0.15) is 5.60 Å². The molecule has 2 N–H and O–H groups in total. The SMILES string of the molecule is CC(C)(C)OC(=O)NC(C1CCN1)S(=O)(=O)c1ccccc1-c1ccccc1. The predicted molar refractivity (Wildman–Crippen MR) is 109 cm³/mol. The molecular formula is C21H26N2O4S. The molecular weight excluding hydrogens is 376 g/mol. The molecule has 0 saturated carbocycles. The number of nitrogens with one attached hydrogen (secondary N) is 2. The van der Waals surface area contributed by atoms with E-state index in [0.29, 0.717) is 18.5 Å². The van der Waals surface area contributed by atoms with Crippen molar-refractivity contribution in [3.05, 3.63) is 54.6 Å². The molecule has 2 atom stereocenters. The number of rotatable bonds is 5. The van der Waals surface area contributed by atoms with E-state index in [1.54, 1.807) is 45.0 Å². The fourth-order valence-corrected chi connectivity index (χ4v) is 5.05. The molecule has 0 bridgehead atoms. The smallest absolute Gasteiger partial charge is 0.408 e. The zero-order valence-electron chi connectivity index (χ0n) is 16.3. The van der Waals surface area contributed by atoms with Gasteiger partial charge in [0.2, 0.25) is 9.84 Å². The second kappa shape index (κ2) is 7.93. The molecule has 0 aromatic heterocycles. The van der Waals surface area contributed by atoms with Crippen LogP contribution in [0.3, 0.4) is 0 Å². The maximum atomic E-state index is 13.6. The molecule has 2 aromatic rings. The third kappa shape index (κ3) is 4.54. The quantitative estimate of drug-likeness (QED) is 0.801. The average molecular weight is 403 g/mol. The minimum absolute atomic E-state index is 0.191. The Labute approximate surface area is 166 Å². The van der Waals surface area contributed by atoms with E-state index in [0.717, 1.165) is 5.56 Å². The Morgan fingerprint density at radius 3 is 2.29 bits per heavy atom. The normalized spacial score (nSPS) is 18.0. The first-order valence-electron chi connectivity index (χ1n) is 9.30. The minimum atomic E-state index is -3.87. The molecule has 1 aliphatic heterocycles. The van der Waals surface area contributed by atoms with Gasteiger partial charge in [-0.25, -0.2) is 13.2 Å². The van der Waals surface area contributed by atoms with Crippen LogP contribution in [-0.4, -0.2) is 38.1 Å². The second-order valence-electron chi connectivity index (χ2n) is 7.82. The first-order valence-corrected chi connectivity index (χ1v) is 10.8. The van der Waals surface area contributed by atoms with Crippen molar-refractivity contribution in [2.45, 2.75) is 49.1 Å².